The zero-order chi connectivity index (χ0) is 23.7. The molecule has 5 heteroatoms. The Kier molecular flexibility index (Phi) is 5.29. The van der Waals surface area contributed by atoms with Gasteiger partial charge in [0.25, 0.3) is 0 Å². The lowest BCUT2D eigenvalue weighted by atomic mass is 9.46. The number of hydrogen-bond donors (Lipinski definition) is 3. The summed E-state index contributed by atoms with van der Waals surface area (Å²) in [6, 6.07) is 8.27. The predicted octanol–water partition coefficient (Wildman–Crippen LogP) is 6.71. The molecule has 0 amide bonds. The largest absolute Gasteiger partial charge is 0.389 e. The number of para-hydroxylation sites is 1. The highest BCUT2D eigenvalue weighted by Crippen LogP contribution is 2.69. The SMILES string of the molecule is Cc1ccccc1Nc1nc(C2(O)CCC3C4CCC5=CC(O)CCC5(C)C4CCC32C)cs1. The van der Waals surface area contributed by atoms with Gasteiger partial charge in [-0.25, -0.2) is 4.98 Å². The van der Waals surface area contributed by atoms with E-state index in [1.54, 1.807) is 11.3 Å². The Labute approximate surface area is 207 Å². The molecular formula is C29H38N2O2S. The second-order valence-electron chi connectivity index (χ2n) is 12.0. The molecule has 4 nitrogen and oxygen atoms in total. The Morgan fingerprint density at radius 1 is 1.03 bits per heavy atom. The van der Waals surface area contributed by atoms with E-state index in [9.17, 15) is 10.2 Å². The van der Waals surface area contributed by atoms with E-state index in [0.29, 0.717) is 17.8 Å². The summed E-state index contributed by atoms with van der Waals surface area (Å²) in [6.07, 6.45) is 10.4. The Balaban J connectivity index is 1.27. The third-order valence-electron chi connectivity index (χ3n) is 10.6. The first kappa shape index (κ1) is 22.8. The van der Waals surface area contributed by atoms with Gasteiger partial charge in [0.05, 0.1) is 11.8 Å². The number of allylic oxidation sites excluding steroid dienone is 1. The first-order valence-electron chi connectivity index (χ1n) is 13.1. The molecule has 3 saturated carbocycles. The molecule has 4 aliphatic carbocycles. The third-order valence-corrected chi connectivity index (χ3v) is 11.3. The van der Waals surface area contributed by atoms with Crippen LogP contribution in [0, 0.1) is 35.5 Å². The van der Waals surface area contributed by atoms with Crippen molar-refractivity contribution < 1.29 is 10.2 Å². The van der Waals surface area contributed by atoms with Gasteiger partial charge in [0.15, 0.2) is 5.13 Å². The van der Waals surface area contributed by atoms with Crippen LogP contribution in [0.1, 0.15) is 76.5 Å². The molecule has 3 N–H and O–H groups in total. The van der Waals surface area contributed by atoms with Gasteiger partial charge in [-0.1, -0.05) is 43.7 Å². The lowest BCUT2D eigenvalue weighted by molar-refractivity contribution is -0.134. The smallest absolute Gasteiger partial charge is 0.187 e. The average Bonchev–Trinajstić information content (AvgIpc) is 3.39. The van der Waals surface area contributed by atoms with Crippen molar-refractivity contribution in [3.63, 3.8) is 0 Å². The van der Waals surface area contributed by atoms with Crippen LogP contribution in [0.4, 0.5) is 10.8 Å². The molecule has 0 spiro atoms. The monoisotopic (exact) mass is 478 g/mol. The highest BCUT2D eigenvalue weighted by atomic mass is 32.1. The van der Waals surface area contributed by atoms with E-state index in [2.05, 4.69) is 49.7 Å². The number of aliphatic hydroxyl groups excluding tert-OH is 1. The molecule has 1 heterocycles. The molecule has 2 aromatic rings. The van der Waals surface area contributed by atoms with Crippen molar-refractivity contribution in [3.05, 3.63) is 52.6 Å². The maximum Gasteiger partial charge on any atom is 0.187 e. The van der Waals surface area contributed by atoms with E-state index < -0.39 is 5.60 Å². The third kappa shape index (κ3) is 3.19. The van der Waals surface area contributed by atoms with Crippen molar-refractivity contribution >= 4 is 22.2 Å². The number of hydrogen-bond acceptors (Lipinski definition) is 5. The van der Waals surface area contributed by atoms with E-state index in [1.165, 1.54) is 24.0 Å². The minimum atomic E-state index is -0.857. The van der Waals surface area contributed by atoms with Gasteiger partial charge in [0.2, 0.25) is 0 Å². The Bertz CT molecular complexity index is 1130. The molecular weight excluding hydrogens is 440 g/mol. The summed E-state index contributed by atoms with van der Waals surface area (Å²) in [5.74, 6) is 1.87. The number of thiazole rings is 1. The number of fused-ring (bicyclic) bond motifs is 5. The standard InChI is InChI=1S/C29H38N2O2S/c1-18-6-4-5-7-24(18)30-26-31-25(17-34-26)29(33)15-12-23-21-9-8-19-16-20(32)10-13-27(19,2)22(21)11-14-28(23,29)3/h4-7,16-17,20-23,32-33H,8-15H2,1-3H3,(H,30,31). The van der Waals surface area contributed by atoms with Crippen LogP contribution in [-0.4, -0.2) is 21.3 Å². The van der Waals surface area contributed by atoms with Crippen LogP contribution in [0.2, 0.25) is 0 Å². The van der Waals surface area contributed by atoms with Crippen LogP contribution in [0.5, 0.6) is 0 Å². The lowest BCUT2D eigenvalue weighted by Crippen LogP contribution is -2.54. The van der Waals surface area contributed by atoms with Crippen LogP contribution in [0.25, 0.3) is 0 Å². The fraction of sp³-hybridized carbons (Fsp3) is 0.621. The summed E-state index contributed by atoms with van der Waals surface area (Å²) in [7, 11) is 0. The van der Waals surface area contributed by atoms with Crippen LogP contribution < -0.4 is 5.32 Å². The predicted molar refractivity (Wildman–Crippen MR) is 138 cm³/mol. The van der Waals surface area contributed by atoms with Gasteiger partial charge in [-0.2, -0.15) is 0 Å². The van der Waals surface area contributed by atoms with Gasteiger partial charge in [-0.05, 0) is 93.1 Å². The van der Waals surface area contributed by atoms with Crippen molar-refractivity contribution in [1.82, 2.24) is 4.98 Å². The highest BCUT2D eigenvalue weighted by molar-refractivity contribution is 7.13. The average molecular weight is 479 g/mol. The van der Waals surface area contributed by atoms with E-state index >= 15 is 0 Å². The summed E-state index contributed by atoms with van der Waals surface area (Å²) in [5.41, 5.74) is 3.88. The zero-order valence-corrected chi connectivity index (χ0v) is 21.5. The van der Waals surface area contributed by atoms with Crippen molar-refractivity contribution in [3.8, 4) is 0 Å². The molecule has 34 heavy (non-hydrogen) atoms. The summed E-state index contributed by atoms with van der Waals surface area (Å²) in [4.78, 5) is 4.95. The Hall–Kier alpha value is -1.69. The summed E-state index contributed by atoms with van der Waals surface area (Å²) in [6.45, 7) is 6.92. The van der Waals surface area contributed by atoms with Gasteiger partial charge < -0.3 is 15.5 Å². The van der Waals surface area contributed by atoms with E-state index in [-0.39, 0.29) is 16.9 Å². The molecule has 0 radical (unpaired) electrons. The molecule has 4 aliphatic rings. The number of rotatable bonds is 3. The molecule has 182 valence electrons. The van der Waals surface area contributed by atoms with Crippen molar-refractivity contribution in [1.29, 1.82) is 0 Å². The first-order valence-corrected chi connectivity index (χ1v) is 14.0. The number of aryl methyl sites for hydroxylation is 1. The number of nitrogens with one attached hydrogen (secondary N) is 1. The van der Waals surface area contributed by atoms with Gasteiger partial charge in [0.1, 0.15) is 5.60 Å². The molecule has 1 aromatic heterocycles. The number of aromatic nitrogens is 1. The Morgan fingerprint density at radius 2 is 1.82 bits per heavy atom. The fourth-order valence-electron chi connectivity index (χ4n) is 8.50. The van der Waals surface area contributed by atoms with E-state index in [4.69, 9.17) is 4.98 Å². The quantitative estimate of drug-likeness (QED) is 0.429. The Morgan fingerprint density at radius 3 is 2.65 bits per heavy atom. The van der Waals surface area contributed by atoms with Crippen molar-refractivity contribution in [2.24, 2.45) is 28.6 Å². The van der Waals surface area contributed by atoms with Crippen LogP contribution in [0.3, 0.4) is 0 Å². The van der Waals surface area contributed by atoms with Gasteiger partial charge >= 0.3 is 0 Å². The van der Waals surface area contributed by atoms with Crippen molar-refractivity contribution in [2.75, 3.05) is 5.32 Å². The highest BCUT2D eigenvalue weighted by Gasteiger charge is 2.65. The normalized spacial score (nSPS) is 41.3. The second-order valence-corrected chi connectivity index (χ2v) is 12.8. The fourth-order valence-corrected chi connectivity index (χ4v) is 9.29. The van der Waals surface area contributed by atoms with Crippen molar-refractivity contribution in [2.45, 2.75) is 83.8 Å². The number of anilines is 2. The topological polar surface area (TPSA) is 65.4 Å². The van der Waals surface area contributed by atoms with Gasteiger partial charge in [-0.15, -0.1) is 11.3 Å². The molecule has 0 saturated heterocycles. The molecule has 6 rings (SSSR count). The minimum absolute atomic E-state index is 0.131. The number of nitrogens with zero attached hydrogens (tertiary/aromatic N) is 1. The summed E-state index contributed by atoms with van der Waals surface area (Å²) in [5, 5.41) is 28.9. The molecule has 3 fully saturated rings. The summed E-state index contributed by atoms with van der Waals surface area (Å²) < 4.78 is 0. The lowest BCUT2D eigenvalue weighted by Gasteiger charge is -2.59. The molecule has 7 atom stereocenters. The van der Waals surface area contributed by atoms with Gasteiger partial charge in [-0.3, -0.25) is 0 Å². The van der Waals surface area contributed by atoms with Crippen LogP contribution in [0.15, 0.2) is 41.3 Å². The van der Waals surface area contributed by atoms with Crippen LogP contribution >= 0.6 is 11.3 Å². The maximum atomic E-state index is 12.2. The van der Waals surface area contributed by atoms with Crippen LogP contribution in [-0.2, 0) is 5.60 Å². The molecule has 7 unspecified atom stereocenters. The number of aliphatic hydroxyl groups is 2. The molecule has 0 aliphatic heterocycles. The number of benzene rings is 1. The van der Waals surface area contributed by atoms with Gasteiger partial charge in [0, 0.05) is 16.5 Å². The second kappa shape index (κ2) is 7.91. The minimum Gasteiger partial charge on any atom is -0.389 e. The summed E-state index contributed by atoms with van der Waals surface area (Å²) >= 11 is 1.60. The first-order chi connectivity index (χ1) is 16.2. The maximum absolute atomic E-state index is 12.2. The van der Waals surface area contributed by atoms with E-state index in [1.807, 2.05) is 12.1 Å². The van der Waals surface area contributed by atoms with E-state index in [0.717, 1.165) is 55.0 Å². The zero-order valence-electron chi connectivity index (χ0n) is 20.7. The molecule has 1 aromatic carbocycles. The molecule has 0 bridgehead atoms.